The molecule has 0 aliphatic rings. The SMILES string of the molecule is CCC(CC)c1ccc(-c2c(C)ccc[n+]2C)c(C)c1. The van der Waals surface area contributed by atoms with Gasteiger partial charge in [0.05, 0.1) is 0 Å². The normalized spacial score (nSPS) is 11.1. The van der Waals surface area contributed by atoms with Crippen molar-refractivity contribution in [2.24, 2.45) is 7.05 Å². The zero-order valence-electron chi connectivity index (χ0n) is 13.4. The van der Waals surface area contributed by atoms with Crippen molar-refractivity contribution >= 4 is 0 Å². The number of hydrogen-bond acceptors (Lipinski definition) is 0. The Kier molecular flexibility index (Phi) is 4.59. The van der Waals surface area contributed by atoms with Crippen LogP contribution in [0.1, 0.15) is 49.3 Å². The zero-order valence-corrected chi connectivity index (χ0v) is 13.4. The minimum atomic E-state index is 0.688. The lowest BCUT2D eigenvalue weighted by Crippen LogP contribution is -2.31. The van der Waals surface area contributed by atoms with Crippen LogP contribution in [0.3, 0.4) is 0 Å². The summed E-state index contributed by atoms with van der Waals surface area (Å²) in [5.74, 6) is 0.688. The van der Waals surface area contributed by atoms with Crippen LogP contribution in [-0.2, 0) is 7.05 Å². The third-order valence-electron chi connectivity index (χ3n) is 4.34. The fourth-order valence-corrected chi connectivity index (χ4v) is 3.12. The fourth-order valence-electron chi connectivity index (χ4n) is 3.12. The lowest BCUT2D eigenvalue weighted by molar-refractivity contribution is -0.660. The Labute approximate surface area is 123 Å². The molecule has 2 aromatic rings. The number of aryl methyl sites for hydroxylation is 3. The summed E-state index contributed by atoms with van der Waals surface area (Å²) in [5, 5.41) is 0. The summed E-state index contributed by atoms with van der Waals surface area (Å²) < 4.78 is 2.22. The third-order valence-corrected chi connectivity index (χ3v) is 4.34. The van der Waals surface area contributed by atoms with Crippen LogP contribution in [0, 0.1) is 13.8 Å². The van der Waals surface area contributed by atoms with Crippen LogP contribution in [0.25, 0.3) is 11.3 Å². The molecule has 0 N–H and O–H groups in total. The van der Waals surface area contributed by atoms with Crippen LogP contribution in [0.5, 0.6) is 0 Å². The second-order valence-corrected chi connectivity index (χ2v) is 5.74. The Morgan fingerprint density at radius 1 is 1.00 bits per heavy atom. The van der Waals surface area contributed by atoms with E-state index in [0.717, 1.165) is 0 Å². The van der Waals surface area contributed by atoms with E-state index in [1.807, 2.05) is 0 Å². The second kappa shape index (κ2) is 6.21. The Morgan fingerprint density at radius 3 is 2.25 bits per heavy atom. The highest BCUT2D eigenvalue weighted by molar-refractivity contribution is 5.64. The van der Waals surface area contributed by atoms with Crippen LogP contribution in [0.4, 0.5) is 0 Å². The van der Waals surface area contributed by atoms with E-state index in [0.29, 0.717) is 5.92 Å². The van der Waals surface area contributed by atoms with Gasteiger partial charge in [0.1, 0.15) is 7.05 Å². The van der Waals surface area contributed by atoms with E-state index in [1.165, 1.54) is 40.8 Å². The fraction of sp³-hybridized carbons (Fsp3) is 0.421. The maximum absolute atomic E-state index is 2.37. The quantitative estimate of drug-likeness (QED) is 0.708. The van der Waals surface area contributed by atoms with Gasteiger partial charge < -0.3 is 0 Å². The molecule has 0 fully saturated rings. The predicted molar refractivity (Wildman–Crippen MR) is 85.9 cm³/mol. The summed E-state index contributed by atoms with van der Waals surface area (Å²) in [6.07, 6.45) is 4.55. The molecule has 0 aliphatic carbocycles. The van der Waals surface area contributed by atoms with Crippen molar-refractivity contribution in [2.45, 2.75) is 46.5 Å². The van der Waals surface area contributed by atoms with Crippen LogP contribution in [-0.4, -0.2) is 0 Å². The van der Waals surface area contributed by atoms with Gasteiger partial charge in [-0.25, -0.2) is 4.57 Å². The van der Waals surface area contributed by atoms with E-state index in [1.54, 1.807) is 0 Å². The Bertz CT molecular complexity index is 574. The van der Waals surface area contributed by atoms with Gasteiger partial charge in [0, 0.05) is 17.2 Å². The molecule has 0 atom stereocenters. The van der Waals surface area contributed by atoms with Crippen LogP contribution in [0.2, 0.25) is 0 Å². The monoisotopic (exact) mass is 268 g/mol. The van der Waals surface area contributed by atoms with E-state index in [4.69, 9.17) is 0 Å². The maximum Gasteiger partial charge on any atom is 0.215 e. The van der Waals surface area contributed by atoms with Crippen molar-refractivity contribution in [3.05, 3.63) is 53.2 Å². The molecule has 2 rings (SSSR count). The summed E-state index contributed by atoms with van der Waals surface area (Å²) >= 11 is 0. The number of hydrogen-bond donors (Lipinski definition) is 0. The molecule has 1 heteroatoms. The molecule has 0 aliphatic heterocycles. The molecule has 1 aromatic carbocycles. The molecule has 0 saturated carbocycles. The summed E-state index contributed by atoms with van der Waals surface area (Å²) in [6, 6.07) is 11.3. The first-order chi connectivity index (χ1) is 9.58. The van der Waals surface area contributed by atoms with Crippen molar-refractivity contribution in [2.75, 3.05) is 0 Å². The van der Waals surface area contributed by atoms with E-state index in [-0.39, 0.29) is 0 Å². The highest BCUT2D eigenvalue weighted by Crippen LogP contribution is 2.29. The number of aromatic nitrogens is 1. The van der Waals surface area contributed by atoms with Crippen LogP contribution in [0.15, 0.2) is 36.5 Å². The molecule has 0 amide bonds. The maximum atomic E-state index is 2.37. The van der Waals surface area contributed by atoms with Crippen LogP contribution < -0.4 is 4.57 Å². The summed E-state index contributed by atoms with van der Waals surface area (Å²) in [4.78, 5) is 0. The van der Waals surface area contributed by atoms with Gasteiger partial charge in [-0.15, -0.1) is 0 Å². The molecule has 0 radical (unpaired) electrons. The van der Waals surface area contributed by atoms with Crippen molar-refractivity contribution in [1.29, 1.82) is 0 Å². The first-order valence-electron chi connectivity index (χ1n) is 7.64. The largest absolute Gasteiger partial charge is 0.215 e. The van der Waals surface area contributed by atoms with E-state index >= 15 is 0 Å². The highest BCUT2D eigenvalue weighted by atomic mass is 14.9. The second-order valence-electron chi connectivity index (χ2n) is 5.74. The number of pyridine rings is 1. The molecule has 0 spiro atoms. The molecular weight excluding hydrogens is 242 g/mol. The number of rotatable bonds is 4. The van der Waals surface area contributed by atoms with Gasteiger partial charge in [0.25, 0.3) is 0 Å². The average Bonchev–Trinajstić information content (AvgIpc) is 2.42. The van der Waals surface area contributed by atoms with E-state index < -0.39 is 0 Å². The zero-order chi connectivity index (χ0) is 14.7. The predicted octanol–water partition coefficient (Wildman–Crippen LogP) is 4.70. The van der Waals surface area contributed by atoms with E-state index in [2.05, 4.69) is 75.8 Å². The van der Waals surface area contributed by atoms with Crippen molar-refractivity contribution in [3.8, 4) is 11.3 Å². The molecule has 0 bridgehead atoms. The third kappa shape index (κ3) is 2.77. The Balaban J connectivity index is 2.50. The topological polar surface area (TPSA) is 3.88 Å². The Morgan fingerprint density at radius 2 is 1.70 bits per heavy atom. The number of nitrogens with zero attached hydrogens (tertiary/aromatic N) is 1. The highest BCUT2D eigenvalue weighted by Gasteiger charge is 2.16. The molecule has 1 nitrogen and oxygen atoms in total. The molecular formula is C19H26N+. The minimum Gasteiger partial charge on any atom is -0.201 e. The summed E-state index contributed by atoms with van der Waals surface area (Å²) in [6.45, 7) is 8.97. The first kappa shape index (κ1) is 14.8. The van der Waals surface area contributed by atoms with Gasteiger partial charge in [-0.05, 0) is 55.9 Å². The Hall–Kier alpha value is -1.63. The van der Waals surface area contributed by atoms with Gasteiger partial charge in [-0.3, -0.25) is 0 Å². The van der Waals surface area contributed by atoms with Gasteiger partial charge in [0.2, 0.25) is 5.69 Å². The lowest BCUT2D eigenvalue weighted by Gasteiger charge is -2.15. The molecule has 20 heavy (non-hydrogen) atoms. The summed E-state index contributed by atoms with van der Waals surface area (Å²) in [5.41, 5.74) is 6.85. The van der Waals surface area contributed by atoms with Gasteiger partial charge in [-0.1, -0.05) is 26.0 Å². The van der Waals surface area contributed by atoms with Gasteiger partial charge in [0.15, 0.2) is 6.20 Å². The summed E-state index contributed by atoms with van der Waals surface area (Å²) in [7, 11) is 2.12. The first-order valence-corrected chi connectivity index (χ1v) is 7.64. The van der Waals surface area contributed by atoms with Crippen molar-refractivity contribution in [1.82, 2.24) is 0 Å². The smallest absolute Gasteiger partial charge is 0.201 e. The van der Waals surface area contributed by atoms with Gasteiger partial charge >= 0.3 is 0 Å². The molecule has 1 aromatic heterocycles. The van der Waals surface area contributed by atoms with E-state index in [9.17, 15) is 0 Å². The molecule has 1 heterocycles. The standard InChI is InChI=1S/C19H26N/c1-6-16(7-2)17-10-11-18(15(4)13-17)19-14(3)9-8-12-20(19)5/h8-13,16H,6-7H2,1-5H3/q+1. The van der Waals surface area contributed by atoms with Crippen molar-refractivity contribution < 1.29 is 4.57 Å². The molecule has 106 valence electrons. The van der Waals surface area contributed by atoms with Gasteiger partial charge in [-0.2, -0.15) is 0 Å². The molecule has 0 unspecified atom stereocenters. The average molecular weight is 268 g/mol. The lowest BCUT2D eigenvalue weighted by atomic mass is 9.90. The minimum absolute atomic E-state index is 0.688. The van der Waals surface area contributed by atoms with Crippen molar-refractivity contribution in [3.63, 3.8) is 0 Å². The molecule has 0 saturated heterocycles. The van der Waals surface area contributed by atoms with Crippen LogP contribution >= 0.6 is 0 Å². The number of benzene rings is 1.